The molecule has 2 aromatic carbocycles. The summed E-state index contributed by atoms with van der Waals surface area (Å²) < 4.78 is 5.58. The second kappa shape index (κ2) is 5.92. The average Bonchev–Trinajstić information content (AvgIpc) is 2.83. The van der Waals surface area contributed by atoms with E-state index in [1.807, 2.05) is 26.0 Å². The highest BCUT2D eigenvalue weighted by Crippen LogP contribution is 2.28. The maximum absolute atomic E-state index is 6.36. The van der Waals surface area contributed by atoms with E-state index in [4.69, 9.17) is 10.2 Å². The Hall–Kier alpha value is -1.78. The molecular formula is C17H18N2OS. The summed E-state index contributed by atoms with van der Waals surface area (Å²) in [4.78, 5) is 4.38. The van der Waals surface area contributed by atoms with Crippen molar-refractivity contribution in [3.8, 4) is 0 Å². The van der Waals surface area contributed by atoms with Crippen LogP contribution in [0.25, 0.3) is 10.8 Å². The molecule has 3 aromatic rings. The number of nitrogens with zero attached hydrogens (tertiary/aromatic N) is 1. The van der Waals surface area contributed by atoms with Gasteiger partial charge in [0, 0.05) is 11.8 Å². The molecule has 0 spiro atoms. The van der Waals surface area contributed by atoms with E-state index in [1.165, 1.54) is 16.3 Å². The van der Waals surface area contributed by atoms with E-state index in [9.17, 15) is 0 Å². The molecule has 0 saturated carbocycles. The number of benzene rings is 2. The zero-order chi connectivity index (χ0) is 14.8. The van der Waals surface area contributed by atoms with Gasteiger partial charge in [0.05, 0.1) is 5.69 Å². The minimum Gasteiger partial charge on any atom is -0.437 e. The van der Waals surface area contributed by atoms with Crippen LogP contribution in [0, 0.1) is 13.8 Å². The van der Waals surface area contributed by atoms with Gasteiger partial charge in [0.25, 0.3) is 5.22 Å². The minimum absolute atomic E-state index is 0.0476. The van der Waals surface area contributed by atoms with Crippen LogP contribution in [0.15, 0.2) is 52.1 Å². The van der Waals surface area contributed by atoms with Crippen LogP contribution in [0.3, 0.4) is 0 Å². The van der Waals surface area contributed by atoms with Crippen LogP contribution in [0.4, 0.5) is 0 Å². The van der Waals surface area contributed by atoms with E-state index < -0.39 is 0 Å². The number of aromatic nitrogens is 1. The first-order valence-corrected chi connectivity index (χ1v) is 7.94. The number of rotatable bonds is 4. The van der Waals surface area contributed by atoms with Crippen molar-refractivity contribution in [2.45, 2.75) is 25.1 Å². The first-order valence-electron chi connectivity index (χ1n) is 6.95. The van der Waals surface area contributed by atoms with Gasteiger partial charge in [-0.05, 0) is 30.2 Å². The van der Waals surface area contributed by atoms with Crippen molar-refractivity contribution in [2.75, 3.05) is 5.75 Å². The maximum Gasteiger partial charge on any atom is 0.256 e. The molecule has 1 unspecified atom stereocenters. The number of hydrogen-bond acceptors (Lipinski definition) is 4. The average molecular weight is 298 g/mol. The molecule has 21 heavy (non-hydrogen) atoms. The Morgan fingerprint density at radius 1 is 1.14 bits per heavy atom. The summed E-state index contributed by atoms with van der Waals surface area (Å²) in [5.41, 5.74) is 8.47. The lowest BCUT2D eigenvalue weighted by molar-refractivity contribution is 0.431. The highest BCUT2D eigenvalue weighted by molar-refractivity contribution is 7.99. The number of hydrogen-bond donors (Lipinski definition) is 1. The fourth-order valence-electron chi connectivity index (χ4n) is 2.33. The molecule has 3 rings (SSSR count). The van der Waals surface area contributed by atoms with E-state index in [2.05, 4.69) is 35.3 Å². The number of aryl methyl sites for hydroxylation is 2. The fourth-order valence-corrected chi connectivity index (χ4v) is 3.22. The van der Waals surface area contributed by atoms with Gasteiger partial charge < -0.3 is 10.2 Å². The van der Waals surface area contributed by atoms with Gasteiger partial charge in [-0.1, -0.05) is 54.2 Å². The van der Waals surface area contributed by atoms with Gasteiger partial charge in [0.1, 0.15) is 5.76 Å². The van der Waals surface area contributed by atoms with Crippen LogP contribution < -0.4 is 5.73 Å². The van der Waals surface area contributed by atoms with Gasteiger partial charge in [-0.3, -0.25) is 0 Å². The van der Waals surface area contributed by atoms with E-state index in [0.717, 1.165) is 17.2 Å². The Balaban J connectivity index is 1.79. The minimum atomic E-state index is -0.0476. The SMILES string of the molecule is Cc1nc(SCC(N)c2cccc3ccccc23)oc1C. The smallest absolute Gasteiger partial charge is 0.256 e. The Morgan fingerprint density at radius 2 is 1.90 bits per heavy atom. The lowest BCUT2D eigenvalue weighted by Gasteiger charge is -2.13. The third-order valence-corrected chi connectivity index (χ3v) is 4.57. The van der Waals surface area contributed by atoms with Crippen LogP contribution >= 0.6 is 11.8 Å². The van der Waals surface area contributed by atoms with E-state index in [1.54, 1.807) is 11.8 Å². The summed E-state index contributed by atoms with van der Waals surface area (Å²) in [7, 11) is 0. The van der Waals surface area contributed by atoms with Gasteiger partial charge in [-0.15, -0.1) is 0 Å². The van der Waals surface area contributed by atoms with Crippen LogP contribution in [-0.2, 0) is 0 Å². The quantitative estimate of drug-likeness (QED) is 0.732. The third kappa shape index (κ3) is 2.96. The Bertz CT molecular complexity index is 742. The molecule has 0 fully saturated rings. The Kier molecular flexibility index (Phi) is 3.99. The summed E-state index contributed by atoms with van der Waals surface area (Å²) in [5.74, 6) is 1.61. The number of fused-ring (bicyclic) bond motifs is 1. The number of oxazole rings is 1. The standard InChI is InChI=1S/C17H18N2OS/c1-11-12(2)20-17(19-11)21-10-16(18)15-9-5-7-13-6-3-4-8-14(13)15/h3-9,16H,10,18H2,1-2H3. The molecule has 0 amide bonds. The van der Waals surface area contributed by atoms with Crippen molar-refractivity contribution in [3.63, 3.8) is 0 Å². The van der Waals surface area contributed by atoms with Crippen molar-refractivity contribution >= 4 is 22.5 Å². The van der Waals surface area contributed by atoms with Crippen LogP contribution in [0.1, 0.15) is 23.1 Å². The van der Waals surface area contributed by atoms with Gasteiger partial charge in [0.15, 0.2) is 0 Å². The summed E-state index contributed by atoms with van der Waals surface area (Å²) in [6, 6.07) is 14.5. The molecule has 0 aliphatic carbocycles. The summed E-state index contributed by atoms with van der Waals surface area (Å²) in [6.07, 6.45) is 0. The van der Waals surface area contributed by atoms with Gasteiger partial charge in [-0.2, -0.15) is 0 Å². The highest BCUT2D eigenvalue weighted by atomic mass is 32.2. The van der Waals surface area contributed by atoms with Crippen molar-refractivity contribution in [2.24, 2.45) is 5.73 Å². The monoisotopic (exact) mass is 298 g/mol. The molecular weight excluding hydrogens is 280 g/mol. The van der Waals surface area contributed by atoms with Crippen LogP contribution in [0.5, 0.6) is 0 Å². The molecule has 4 heteroatoms. The zero-order valence-electron chi connectivity index (χ0n) is 12.2. The molecule has 108 valence electrons. The number of nitrogens with two attached hydrogens (primary N) is 1. The molecule has 0 bridgehead atoms. The second-order valence-corrected chi connectivity index (χ2v) is 6.08. The number of thioether (sulfide) groups is 1. The van der Waals surface area contributed by atoms with E-state index >= 15 is 0 Å². The van der Waals surface area contributed by atoms with Crippen molar-refractivity contribution in [1.29, 1.82) is 0 Å². The molecule has 2 N–H and O–H groups in total. The third-order valence-electron chi connectivity index (χ3n) is 3.62. The molecule has 1 atom stereocenters. The van der Waals surface area contributed by atoms with E-state index in [0.29, 0.717) is 5.22 Å². The normalized spacial score (nSPS) is 12.7. The van der Waals surface area contributed by atoms with Crippen molar-refractivity contribution in [3.05, 3.63) is 59.5 Å². The summed E-state index contributed by atoms with van der Waals surface area (Å²) in [6.45, 7) is 3.88. The van der Waals surface area contributed by atoms with Gasteiger partial charge in [0.2, 0.25) is 0 Å². The molecule has 1 heterocycles. The molecule has 3 nitrogen and oxygen atoms in total. The Morgan fingerprint density at radius 3 is 2.67 bits per heavy atom. The summed E-state index contributed by atoms with van der Waals surface area (Å²) >= 11 is 1.56. The molecule has 1 aromatic heterocycles. The second-order valence-electron chi connectivity index (χ2n) is 5.11. The summed E-state index contributed by atoms with van der Waals surface area (Å²) in [5, 5.41) is 3.13. The zero-order valence-corrected chi connectivity index (χ0v) is 13.0. The predicted octanol–water partition coefficient (Wildman–Crippen LogP) is 4.24. The lowest BCUT2D eigenvalue weighted by Crippen LogP contribution is -2.13. The molecule has 0 aliphatic heterocycles. The van der Waals surface area contributed by atoms with E-state index in [-0.39, 0.29) is 6.04 Å². The first-order chi connectivity index (χ1) is 10.1. The van der Waals surface area contributed by atoms with Gasteiger partial charge in [-0.25, -0.2) is 4.98 Å². The van der Waals surface area contributed by atoms with Crippen LogP contribution in [0.2, 0.25) is 0 Å². The maximum atomic E-state index is 6.36. The largest absolute Gasteiger partial charge is 0.437 e. The predicted molar refractivity (Wildman–Crippen MR) is 87.6 cm³/mol. The van der Waals surface area contributed by atoms with Crippen molar-refractivity contribution < 1.29 is 4.42 Å². The molecule has 0 saturated heterocycles. The first kappa shape index (κ1) is 14.2. The lowest BCUT2D eigenvalue weighted by atomic mass is 10.0. The van der Waals surface area contributed by atoms with Crippen LogP contribution in [-0.4, -0.2) is 10.7 Å². The topological polar surface area (TPSA) is 52.0 Å². The van der Waals surface area contributed by atoms with Gasteiger partial charge >= 0.3 is 0 Å². The molecule has 0 aliphatic rings. The van der Waals surface area contributed by atoms with Crippen molar-refractivity contribution in [1.82, 2.24) is 4.98 Å². The molecule has 0 radical (unpaired) electrons. The fraction of sp³-hybridized carbons (Fsp3) is 0.235. The highest BCUT2D eigenvalue weighted by Gasteiger charge is 2.13. The Labute approximate surface area is 128 Å².